The second kappa shape index (κ2) is 8.11. The van der Waals surface area contributed by atoms with Crippen LogP contribution in [0, 0.1) is 0 Å². The highest BCUT2D eigenvalue weighted by Gasteiger charge is 2.24. The van der Waals surface area contributed by atoms with Crippen molar-refractivity contribution < 1.29 is 19.1 Å². The number of amides is 3. The van der Waals surface area contributed by atoms with Crippen molar-refractivity contribution in [3.8, 4) is 0 Å². The smallest absolute Gasteiger partial charge is 0.408 e. The van der Waals surface area contributed by atoms with Gasteiger partial charge in [-0.2, -0.15) is 0 Å². The molecule has 0 fully saturated rings. The number of hydrogen-bond acceptors (Lipinski definition) is 5. The molecule has 23 heavy (non-hydrogen) atoms. The molecule has 0 radical (unpaired) electrons. The van der Waals surface area contributed by atoms with Crippen LogP contribution >= 0.6 is 0 Å². The predicted molar refractivity (Wildman–Crippen MR) is 83.1 cm³/mol. The minimum absolute atomic E-state index is 0.207. The van der Waals surface area contributed by atoms with Crippen LogP contribution in [0.25, 0.3) is 0 Å². The molecule has 0 unspecified atom stereocenters. The lowest BCUT2D eigenvalue weighted by Crippen LogP contribution is -2.53. The number of alkyl carbamates (subject to hydrolysis) is 1. The Balaban J connectivity index is 2.77. The second-order valence-corrected chi connectivity index (χ2v) is 5.93. The Kier molecular flexibility index (Phi) is 6.49. The number of nitrogens with one attached hydrogen (secondary N) is 3. The van der Waals surface area contributed by atoms with E-state index in [9.17, 15) is 14.4 Å². The van der Waals surface area contributed by atoms with Crippen molar-refractivity contribution in [3.63, 3.8) is 0 Å². The number of pyridine rings is 1. The van der Waals surface area contributed by atoms with Gasteiger partial charge in [-0.05, 0) is 32.4 Å². The van der Waals surface area contributed by atoms with Gasteiger partial charge in [0.15, 0.2) is 0 Å². The summed E-state index contributed by atoms with van der Waals surface area (Å²) in [6, 6.07) is 2.59. The van der Waals surface area contributed by atoms with Gasteiger partial charge in [0.1, 0.15) is 11.6 Å². The van der Waals surface area contributed by atoms with Crippen molar-refractivity contribution >= 4 is 17.9 Å². The molecular weight excluding hydrogens is 300 g/mol. The number of ether oxygens (including phenoxy) is 1. The third-order valence-electron chi connectivity index (χ3n) is 2.53. The van der Waals surface area contributed by atoms with Crippen molar-refractivity contribution in [1.82, 2.24) is 21.2 Å². The van der Waals surface area contributed by atoms with Gasteiger partial charge < -0.3 is 10.1 Å². The number of hydrazine groups is 1. The predicted octanol–water partition coefficient (Wildman–Crippen LogP) is 0.685. The summed E-state index contributed by atoms with van der Waals surface area (Å²) < 4.78 is 5.15. The van der Waals surface area contributed by atoms with Crippen molar-refractivity contribution in [2.75, 3.05) is 0 Å². The van der Waals surface area contributed by atoms with Crippen molar-refractivity contribution in [1.29, 1.82) is 0 Å². The van der Waals surface area contributed by atoms with E-state index in [1.54, 1.807) is 45.3 Å². The maximum Gasteiger partial charge on any atom is 0.408 e. The van der Waals surface area contributed by atoms with Crippen LogP contribution in [-0.4, -0.2) is 34.5 Å². The van der Waals surface area contributed by atoms with E-state index >= 15 is 0 Å². The molecule has 0 aromatic carbocycles. The zero-order valence-electron chi connectivity index (χ0n) is 13.7. The molecule has 1 heterocycles. The first-order valence-electron chi connectivity index (χ1n) is 7.12. The third-order valence-corrected chi connectivity index (χ3v) is 2.53. The molecule has 0 aliphatic carbocycles. The summed E-state index contributed by atoms with van der Waals surface area (Å²) in [4.78, 5) is 38.9. The second-order valence-electron chi connectivity index (χ2n) is 5.93. The van der Waals surface area contributed by atoms with E-state index in [0.717, 1.165) is 5.56 Å². The molecule has 8 heteroatoms. The first-order valence-corrected chi connectivity index (χ1v) is 7.12. The van der Waals surface area contributed by atoms with Gasteiger partial charge in [-0.15, -0.1) is 0 Å². The Morgan fingerprint density at radius 3 is 2.48 bits per heavy atom. The summed E-state index contributed by atoms with van der Waals surface area (Å²) in [5.74, 6) is -0.981. The molecule has 0 saturated carbocycles. The maximum absolute atomic E-state index is 12.1. The average Bonchev–Trinajstić information content (AvgIpc) is 2.43. The Labute approximate surface area is 135 Å². The van der Waals surface area contributed by atoms with Crippen LogP contribution in [0.5, 0.6) is 0 Å². The zero-order chi connectivity index (χ0) is 17.5. The van der Waals surface area contributed by atoms with E-state index < -0.39 is 29.6 Å². The molecule has 0 spiro atoms. The molecule has 1 rings (SSSR count). The van der Waals surface area contributed by atoms with Crippen molar-refractivity contribution in [3.05, 3.63) is 30.1 Å². The Morgan fingerprint density at radius 1 is 1.26 bits per heavy atom. The average molecular weight is 322 g/mol. The summed E-state index contributed by atoms with van der Waals surface area (Å²) in [7, 11) is 0. The van der Waals surface area contributed by atoms with Gasteiger partial charge in [0.25, 0.3) is 5.91 Å². The quantitative estimate of drug-likeness (QED) is 0.706. The van der Waals surface area contributed by atoms with Crippen LogP contribution in [0.4, 0.5) is 4.79 Å². The standard InChI is InChI=1S/C15H22N4O4/c1-10(20)18-19-13(21)12(8-11-6-5-7-16-9-11)17-14(22)23-15(2,3)4/h5-7,9,12H,8H2,1-4H3,(H,17,22)(H,18,20)(H,19,21)/t12-/m1/s1. The van der Waals surface area contributed by atoms with E-state index in [1.165, 1.54) is 6.92 Å². The van der Waals surface area contributed by atoms with Crippen LogP contribution in [-0.2, 0) is 20.7 Å². The number of nitrogens with zero attached hydrogens (tertiary/aromatic N) is 1. The van der Waals surface area contributed by atoms with E-state index in [4.69, 9.17) is 4.74 Å². The van der Waals surface area contributed by atoms with Gasteiger partial charge in [0.2, 0.25) is 5.91 Å². The van der Waals surface area contributed by atoms with E-state index in [0.29, 0.717) is 0 Å². The fourth-order valence-electron chi connectivity index (χ4n) is 1.65. The lowest BCUT2D eigenvalue weighted by molar-refractivity contribution is -0.129. The molecule has 0 aliphatic rings. The molecule has 0 bridgehead atoms. The highest BCUT2D eigenvalue weighted by atomic mass is 16.6. The normalized spacial score (nSPS) is 12.0. The molecule has 126 valence electrons. The third kappa shape index (κ3) is 7.79. The first-order chi connectivity index (χ1) is 10.7. The van der Waals surface area contributed by atoms with E-state index in [1.807, 2.05) is 0 Å². The fraction of sp³-hybridized carbons (Fsp3) is 0.467. The van der Waals surface area contributed by atoms with Crippen LogP contribution in [0.3, 0.4) is 0 Å². The topological polar surface area (TPSA) is 109 Å². The number of rotatable bonds is 4. The Morgan fingerprint density at radius 2 is 1.96 bits per heavy atom. The van der Waals surface area contributed by atoms with E-state index in [-0.39, 0.29) is 6.42 Å². The first kappa shape index (κ1) is 18.4. The van der Waals surface area contributed by atoms with Gasteiger partial charge in [-0.25, -0.2) is 4.79 Å². The molecule has 1 atom stereocenters. The molecule has 0 aliphatic heterocycles. The Hall–Kier alpha value is -2.64. The van der Waals surface area contributed by atoms with Crippen LogP contribution in [0.2, 0.25) is 0 Å². The number of carbonyl (C=O) groups is 3. The van der Waals surface area contributed by atoms with Crippen molar-refractivity contribution in [2.45, 2.75) is 45.8 Å². The van der Waals surface area contributed by atoms with Crippen LogP contribution < -0.4 is 16.2 Å². The number of carbonyl (C=O) groups excluding carboxylic acids is 3. The summed E-state index contributed by atoms with van der Waals surface area (Å²) in [6.45, 7) is 6.43. The van der Waals surface area contributed by atoms with Gasteiger partial charge in [0.05, 0.1) is 0 Å². The molecule has 3 amide bonds. The molecule has 0 saturated heterocycles. The monoisotopic (exact) mass is 322 g/mol. The molecular formula is C15H22N4O4. The zero-order valence-corrected chi connectivity index (χ0v) is 13.7. The summed E-state index contributed by atoms with van der Waals surface area (Å²) in [5.41, 5.74) is 4.50. The van der Waals surface area contributed by atoms with Crippen molar-refractivity contribution in [2.24, 2.45) is 0 Å². The van der Waals surface area contributed by atoms with Crippen LogP contribution in [0.15, 0.2) is 24.5 Å². The maximum atomic E-state index is 12.1. The van der Waals surface area contributed by atoms with E-state index in [2.05, 4.69) is 21.2 Å². The fourth-order valence-corrected chi connectivity index (χ4v) is 1.65. The summed E-state index contributed by atoms with van der Waals surface area (Å²) in [6.07, 6.45) is 2.69. The minimum Gasteiger partial charge on any atom is -0.444 e. The molecule has 1 aromatic heterocycles. The minimum atomic E-state index is -0.916. The number of aromatic nitrogens is 1. The van der Waals surface area contributed by atoms with Gasteiger partial charge >= 0.3 is 6.09 Å². The lowest BCUT2D eigenvalue weighted by Gasteiger charge is -2.23. The summed E-state index contributed by atoms with van der Waals surface area (Å²) >= 11 is 0. The Bertz CT molecular complexity index is 554. The van der Waals surface area contributed by atoms with Gasteiger partial charge in [-0.3, -0.25) is 25.4 Å². The lowest BCUT2D eigenvalue weighted by atomic mass is 10.1. The van der Waals surface area contributed by atoms with Crippen LogP contribution in [0.1, 0.15) is 33.3 Å². The SMILES string of the molecule is CC(=O)NNC(=O)[C@@H](Cc1cccnc1)NC(=O)OC(C)(C)C. The molecule has 1 aromatic rings. The highest BCUT2D eigenvalue weighted by Crippen LogP contribution is 2.08. The summed E-state index contributed by atoms with van der Waals surface area (Å²) in [5, 5.41) is 2.49. The highest BCUT2D eigenvalue weighted by molar-refractivity contribution is 5.87. The van der Waals surface area contributed by atoms with Gasteiger partial charge in [0, 0.05) is 25.7 Å². The number of hydrogen-bond donors (Lipinski definition) is 3. The van der Waals surface area contributed by atoms with Gasteiger partial charge in [-0.1, -0.05) is 6.07 Å². The molecule has 3 N–H and O–H groups in total. The molecule has 8 nitrogen and oxygen atoms in total. The largest absolute Gasteiger partial charge is 0.444 e.